The molecular weight excluding hydrogens is 223 g/mol. The molecule has 0 aromatic heterocycles. The van der Waals surface area contributed by atoms with E-state index in [-0.39, 0.29) is 0 Å². The smallest absolute Gasteiger partial charge is 0.106 e. The zero-order valence-corrected chi connectivity index (χ0v) is 11.0. The van der Waals surface area contributed by atoms with Crippen LogP contribution < -0.4 is 5.09 Å². The highest BCUT2D eigenvalue weighted by Gasteiger charge is 2.26. The highest BCUT2D eigenvalue weighted by molar-refractivity contribution is 8.01. The van der Waals surface area contributed by atoms with Crippen LogP contribution >= 0.6 is 26.7 Å². The van der Waals surface area contributed by atoms with E-state index in [1.165, 1.54) is 0 Å². The summed E-state index contributed by atoms with van der Waals surface area (Å²) in [6, 6.07) is 0. The van der Waals surface area contributed by atoms with Crippen LogP contribution in [0.3, 0.4) is 0 Å². The first-order chi connectivity index (χ1) is 6.27. The molecule has 0 bridgehead atoms. The van der Waals surface area contributed by atoms with Gasteiger partial charge < -0.3 is 4.84 Å². The molecule has 1 saturated heterocycles. The maximum Gasteiger partial charge on any atom is 0.106 e. The highest BCUT2D eigenvalue weighted by atomic mass is 32.0. The first-order valence-corrected chi connectivity index (χ1v) is 7.38. The number of nitrogens with one attached hydrogen (secondary N) is 1. The third kappa shape index (κ3) is 3.73. The second kappa shape index (κ2) is 6.22. The monoisotopic (exact) mass is 239 g/mol. The van der Waals surface area contributed by atoms with Gasteiger partial charge in [0.05, 0.1) is 5.71 Å². The van der Waals surface area contributed by atoms with Gasteiger partial charge in [-0.3, -0.25) is 9.76 Å². The summed E-state index contributed by atoms with van der Waals surface area (Å²) in [7, 11) is 7.69. The summed E-state index contributed by atoms with van der Waals surface area (Å²) in [6.07, 6.45) is 0. The maximum absolute atomic E-state index is 4.81. The molecule has 0 spiro atoms. The minimum Gasteiger partial charge on any atom is -0.399 e. The summed E-state index contributed by atoms with van der Waals surface area (Å²) >= 11 is 0. The van der Waals surface area contributed by atoms with Crippen molar-refractivity contribution in [2.75, 3.05) is 26.7 Å². The summed E-state index contributed by atoms with van der Waals surface area (Å²) in [5.74, 6) is 0.491. The summed E-state index contributed by atoms with van der Waals surface area (Å²) < 4.78 is 2.18. The van der Waals surface area contributed by atoms with Crippen LogP contribution in [0.2, 0.25) is 0 Å². The van der Waals surface area contributed by atoms with Crippen LogP contribution in [-0.2, 0) is 4.84 Å². The number of hydrogen-bond acceptors (Lipinski definition) is 4. The van der Waals surface area contributed by atoms with Crippen molar-refractivity contribution >= 4 is 32.5 Å². The fraction of sp³-hybridized carbons (Fsp3) is 0.833. The Balaban J connectivity index is 2.45. The van der Waals surface area contributed by atoms with Crippen molar-refractivity contribution in [2.24, 2.45) is 11.1 Å². The standard InChI is InChI=1S/C6H16N3OP3/c1-10-8-6-4-9(11)3-5(6)2-7-13-12/h5,7,13H,2-4,11-12H2,1H3. The Hall–Kier alpha value is 0.680. The Kier molecular flexibility index (Phi) is 5.62. The lowest BCUT2D eigenvalue weighted by molar-refractivity contribution is 0.211. The van der Waals surface area contributed by atoms with Gasteiger partial charge in [0.15, 0.2) is 0 Å². The van der Waals surface area contributed by atoms with Crippen LogP contribution in [-0.4, -0.2) is 37.1 Å². The Bertz CT molecular complexity index is 190. The van der Waals surface area contributed by atoms with E-state index < -0.39 is 0 Å². The molecule has 0 aliphatic carbocycles. The van der Waals surface area contributed by atoms with Crippen LogP contribution in [0.1, 0.15) is 0 Å². The summed E-state index contributed by atoms with van der Waals surface area (Å²) in [5.41, 5.74) is 1.13. The molecule has 0 aromatic rings. The van der Waals surface area contributed by atoms with Crippen molar-refractivity contribution < 1.29 is 4.84 Å². The quantitative estimate of drug-likeness (QED) is 0.579. The molecular formula is C6H16N3OP3. The summed E-state index contributed by atoms with van der Waals surface area (Å²) in [6.45, 7) is 2.91. The van der Waals surface area contributed by atoms with Gasteiger partial charge in [0.25, 0.3) is 0 Å². The molecule has 1 aliphatic heterocycles. The van der Waals surface area contributed by atoms with E-state index in [0.29, 0.717) is 14.3 Å². The van der Waals surface area contributed by atoms with Crippen molar-refractivity contribution in [3.05, 3.63) is 0 Å². The fourth-order valence-electron chi connectivity index (χ4n) is 1.38. The van der Waals surface area contributed by atoms with Gasteiger partial charge in [-0.2, -0.15) is 0 Å². The summed E-state index contributed by atoms with van der Waals surface area (Å²) in [4.78, 5) is 4.81. The predicted octanol–water partition coefficient (Wildman–Crippen LogP) is 0.684. The highest BCUT2D eigenvalue weighted by Crippen LogP contribution is 2.20. The molecule has 1 fully saturated rings. The average molecular weight is 239 g/mol. The second-order valence-corrected chi connectivity index (χ2v) is 5.16. The van der Waals surface area contributed by atoms with Gasteiger partial charge in [-0.1, -0.05) is 23.5 Å². The van der Waals surface area contributed by atoms with Crippen molar-refractivity contribution in [1.82, 2.24) is 9.76 Å². The van der Waals surface area contributed by atoms with E-state index in [1.807, 2.05) is 0 Å². The molecule has 1 heterocycles. The maximum atomic E-state index is 4.81. The number of hydrogen-bond donors (Lipinski definition) is 1. The third-order valence-corrected chi connectivity index (χ3v) is 3.36. The second-order valence-electron chi connectivity index (χ2n) is 2.92. The molecule has 4 unspecified atom stereocenters. The minimum atomic E-state index is 0.491. The molecule has 4 nitrogen and oxygen atoms in total. The van der Waals surface area contributed by atoms with E-state index in [2.05, 4.69) is 33.2 Å². The minimum absolute atomic E-state index is 0.491. The van der Waals surface area contributed by atoms with Gasteiger partial charge in [-0.25, -0.2) is 0 Å². The average Bonchev–Trinajstić information content (AvgIpc) is 2.44. The van der Waals surface area contributed by atoms with Gasteiger partial charge in [0.1, 0.15) is 7.11 Å². The van der Waals surface area contributed by atoms with Crippen molar-refractivity contribution in [3.8, 4) is 0 Å². The van der Waals surface area contributed by atoms with Crippen LogP contribution in [0.4, 0.5) is 0 Å². The SMILES string of the molecule is CON=C1CN(P)CC1CNPP. The van der Waals surface area contributed by atoms with Crippen molar-refractivity contribution in [2.45, 2.75) is 0 Å². The first kappa shape index (κ1) is 11.8. The normalized spacial score (nSPS) is 27.9. The molecule has 76 valence electrons. The lowest BCUT2D eigenvalue weighted by atomic mass is 10.1. The van der Waals surface area contributed by atoms with Crippen LogP contribution in [0, 0.1) is 5.92 Å². The van der Waals surface area contributed by atoms with Gasteiger partial charge in [-0.05, 0) is 8.42 Å². The van der Waals surface area contributed by atoms with Gasteiger partial charge in [0.2, 0.25) is 0 Å². The van der Waals surface area contributed by atoms with Crippen molar-refractivity contribution in [3.63, 3.8) is 0 Å². The molecule has 0 aromatic carbocycles. The van der Waals surface area contributed by atoms with E-state index >= 15 is 0 Å². The predicted molar refractivity (Wildman–Crippen MR) is 65.2 cm³/mol. The molecule has 0 saturated carbocycles. The largest absolute Gasteiger partial charge is 0.399 e. The lowest BCUT2D eigenvalue weighted by Crippen LogP contribution is -2.22. The molecule has 1 rings (SSSR count). The summed E-state index contributed by atoms with van der Waals surface area (Å²) in [5, 5.41) is 7.34. The molecule has 1 N–H and O–H groups in total. The van der Waals surface area contributed by atoms with E-state index in [0.717, 1.165) is 25.3 Å². The molecule has 7 heteroatoms. The van der Waals surface area contributed by atoms with E-state index in [9.17, 15) is 0 Å². The Morgan fingerprint density at radius 2 is 2.62 bits per heavy atom. The van der Waals surface area contributed by atoms with Gasteiger partial charge in [-0.15, -0.1) is 0 Å². The van der Waals surface area contributed by atoms with Crippen LogP contribution in [0.5, 0.6) is 0 Å². The molecule has 1 aliphatic rings. The number of rotatable bonds is 4. The molecule has 0 radical (unpaired) electrons. The number of oxime groups is 1. The van der Waals surface area contributed by atoms with Crippen LogP contribution in [0.25, 0.3) is 0 Å². The molecule has 4 atom stereocenters. The van der Waals surface area contributed by atoms with Gasteiger partial charge >= 0.3 is 0 Å². The Morgan fingerprint density at radius 3 is 3.23 bits per heavy atom. The van der Waals surface area contributed by atoms with Crippen LogP contribution in [0.15, 0.2) is 5.16 Å². The Labute approximate surface area is 85.4 Å². The zero-order valence-electron chi connectivity index (χ0n) is 7.66. The van der Waals surface area contributed by atoms with E-state index in [1.54, 1.807) is 7.11 Å². The fourth-order valence-corrected chi connectivity index (χ4v) is 2.53. The topological polar surface area (TPSA) is 36.9 Å². The zero-order chi connectivity index (χ0) is 9.68. The van der Waals surface area contributed by atoms with Crippen molar-refractivity contribution in [1.29, 1.82) is 0 Å². The molecule has 0 amide bonds. The van der Waals surface area contributed by atoms with E-state index in [4.69, 9.17) is 4.84 Å². The van der Waals surface area contributed by atoms with Gasteiger partial charge in [0, 0.05) is 25.6 Å². The first-order valence-electron chi connectivity index (χ1n) is 4.06. The third-order valence-electron chi connectivity index (χ3n) is 1.95. The molecule has 13 heavy (non-hydrogen) atoms. The number of nitrogens with zero attached hydrogens (tertiary/aromatic N) is 2. The Morgan fingerprint density at radius 1 is 1.85 bits per heavy atom. The lowest BCUT2D eigenvalue weighted by Gasteiger charge is -2.09.